The van der Waals surface area contributed by atoms with Gasteiger partial charge in [0.05, 0.1) is 6.54 Å². The first-order valence-electron chi connectivity index (χ1n) is 10.9. The van der Waals surface area contributed by atoms with Crippen LogP contribution in [0, 0.1) is 5.92 Å². The van der Waals surface area contributed by atoms with Gasteiger partial charge in [-0.15, -0.1) is 24.0 Å². The van der Waals surface area contributed by atoms with Crippen LogP contribution in [0.2, 0.25) is 0 Å². The predicted molar refractivity (Wildman–Crippen MR) is 130 cm³/mol. The molecule has 0 bridgehead atoms. The molecule has 0 aliphatic carbocycles. The van der Waals surface area contributed by atoms with Crippen molar-refractivity contribution in [2.45, 2.75) is 51.5 Å². The average Bonchev–Trinajstić information content (AvgIpc) is 3.25. The van der Waals surface area contributed by atoms with E-state index in [2.05, 4.69) is 46.7 Å². The number of nitrogens with zero attached hydrogens (tertiary/aromatic N) is 3. The molecule has 2 saturated heterocycles. The maximum Gasteiger partial charge on any atom is 0.401 e. The molecule has 5 nitrogen and oxygen atoms in total. The summed E-state index contributed by atoms with van der Waals surface area (Å²) in [6, 6.07) is 11.3. The van der Waals surface area contributed by atoms with Crippen LogP contribution in [0.1, 0.15) is 32.3 Å². The third-order valence-electron chi connectivity index (χ3n) is 5.90. The Labute approximate surface area is 200 Å². The van der Waals surface area contributed by atoms with Gasteiger partial charge < -0.3 is 10.6 Å². The lowest BCUT2D eigenvalue weighted by Crippen LogP contribution is -2.44. The number of rotatable bonds is 7. The molecule has 0 amide bonds. The lowest BCUT2D eigenvalue weighted by molar-refractivity contribution is -0.143. The summed E-state index contributed by atoms with van der Waals surface area (Å²) < 4.78 is 37.8. The van der Waals surface area contributed by atoms with Crippen molar-refractivity contribution in [3.63, 3.8) is 0 Å². The minimum Gasteiger partial charge on any atom is -0.357 e. The molecule has 3 unspecified atom stereocenters. The highest BCUT2D eigenvalue weighted by Crippen LogP contribution is 2.23. The van der Waals surface area contributed by atoms with Gasteiger partial charge in [-0.1, -0.05) is 30.3 Å². The third-order valence-corrected chi connectivity index (χ3v) is 5.90. The Kier molecular flexibility index (Phi) is 10.3. The van der Waals surface area contributed by atoms with E-state index >= 15 is 0 Å². The summed E-state index contributed by atoms with van der Waals surface area (Å²) in [4.78, 5) is 8.65. The SMILES string of the molecule is CCNC(=NCC1CCN(CC(F)(F)F)C1)NC1CC(C)N(Cc2ccccc2)C1.I. The Morgan fingerprint density at radius 1 is 1.19 bits per heavy atom. The van der Waals surface area contributed by atoms with Crippen LogP contribution >= 0.6 is 24.0 Å². The van der Waals surface area contributed by atoms with Crippen LogP contribution in [0.3, 0.4) is 0 Å². The zero-order valence-electron chi connectivity index (χ0n) is 18.4. The van der Waals surface area contributed by atoms with E-state index in [4.69, 9.17) is 4.99 Å². The topological polar surface area (TPSA) is 42.9 Å². The Hall–Kier alpha value is -1.07. The smallest absolute Gasteiger partial charge is 0.357 e. The molecule has 2 N–H and O–H groups in total. The van der Waals surface area contributed by atoms with Crippen molar-refractivity contribution >= 4 is 29.9 Å². The van der Waals surface area contributed by atoms with E-state index < -0.39 is 12.7 Å². The molecule has 0 radical (unpaired) electrons. The molecule has 0 aromatic heterocycles. The number of nitrogens with one attached hydrogen (secondary N) is 2. The second kappa shape index (κ2) is 12.2. The summed E-state index contributed by atoms with van der Waals surface area (Å²) in [6.07, 6.45) is -2.32. The maximum atomic E-state index is 12.6. The van der Waals surface area contributed by atoms with Crippen molar-refractivity contribution in [2.75, 3.05) is 39.3 Å². The number of benzene rings is 1. The molecule has 0 saturated carbocycles. The molecule has 2 fully saturated rings. The zero-order chi connectivity index (χ0) is 21.6. The van der Waals surface area contributed by atoms with E-state index in [0.717, 1.165) is 38.4 Å². The van der Waals surface area contributed by atoms with Crippen molar-refractivity contribution < 1.29 is 13.2 Å². The van der Waals surface area contributed by atoms with E-state index in [0.29, 0.717) is 31.7 Å². The van der Waals surface area contributed by atoms with Crippen molar-refractivity contribution in [2.24, 2.45) is 10.9 Å². The van der Waals surface area contributed by atoms with Gasteiger partial charge in [0.15, 0.2) is 5.96 Å². The molecular weight excluding hydrogens is 518 g/mol. The lowest BCUT2D eigenvalue weighted by atomic mass is 10.1. The van der Waals surface area contributed by atoms with Crippen molar-refractivity contribution in [3.05, 3.63) is 35.9 Å². The zero-order valence-corrected chi connectivity index (χ0v) is 20.7. The fraction of sp³-hybridized carbons (Fsp3) is 0.682. The van der Waals surface area contributed by atoms with Crippen LogP contribution in [0.15, 0.2) is 35.3 Å². The highest BCUT2D eigenvalue weighted by atomic mass is 127. The first kappa shape index (κ1) is 26.2. The fourth-order valence-electron chi connectivity index (χ4n) is 4.43. The van der Waals surface area contributed by atoms with Gasteiger partial charge in [0.1, 0.15) is 0 Å². The molecule has 31 heavy (non-hydrogen) atoms. The fourth-order valence-corrected chi connectivity index (χ4v) is 4.43. The van der Waals surface area contributed by atoms with Crippen molar-refractivity contribution in [1.82, 2.24) is 20.4 Å². The van der Waals surface area contributed by atoms with E-state index in [-0.39, 0.29) is 29.9 Å². The molecule has 2 aliphatic rings. The Balaban J connectivity index is 0.00000341. The summed E-state index contributed by atoms with van der Waals surface area (Å²) in [5, 5.41) is 6.83. The molecule has 1 aromatic rings. The van der Waals surface area contributed by atoms with Gasteiger partial charge >= 0.3 is 6.18 Å². The number of hydrogen-bond donors (Lipinski definition) is 2. The molecule has 0 spiro atoms. The number of halogens is 4. The molecule has 3 rings (SSSR count). The van der Waals surface area contributed by atoms with Gasteiger partial charge in [-0.25, -0.2) is 0 Å². The van der Waals surface area contributed by atoms with E-state index in [9.17, 15) is 13.2 Å². The summed E-state index contributed by atoms with van der Waals surface area (Å²) in [7, 11) is 0. The largest absolute Gasteiger partial charge is 0.401 e. The van der Waals surface area contributed by atoms with Crippen LogP contribution < -0.4 is 10.6 Å². The molecule has 9 heteroatoms. The van der Waals surface area contributed by atoms with Crippen molar-refractivity contribution in [1.29, 1.82) is 0 Å². The van der Waals surface area contributed by atoms with Gasteiger partial charge in [-0.05, 0) is 44.7 Å². The summed E-state index contributed by atoms with van der Waals surface area (Å²) >= 11 is 0. The van der Waals surface area contributed by atoms with Gasteiger partial charge in [0.25, 0.3) is 0 Å². The van der Waals surface area contributed by atoms with E-state index in [1.54, 1.807) is 0 Å². The standard InChI is InChI=1S/C22H34F3N5.HI/c1-3-26-21(27-12-19-9-10-29(13-19)16-22(23,24)25)28-20-11-17(2)30(15-20)14-18-7-5-4-6-8-18;/h4-8,17,19-20H,3,9-16H2,1-2H3,(H2,26,27,28);1H. The minimum atomic E-state index is -4.13. The number of aliphatic imine (C=N–C) groups is 1. The Morgan fingerprint density at radius 2 is 1.94 bits per heavy atom. The van der Waals surface area contributed by atoms with Crippen LogP contribution in [0.5, 0.6) is 0 Å². The first-order valence-corrected chi connectivity index (χ1v) is 10.9. The molecule has 3 atom stereocenters. The minimum absolute atomic E-state index is 0. The number of hydrogen-bond acceptors (Lipinski definition) is 3. The maximum absolute atomic E-state index is 12.6. The lowest BCUT2D eigenvalue weighted by Gasteiger charge is -2.21. The summed E-state index contributed by atoms with van der Waals surface area (Å²) in [5.74, 6) is 0.949. The van der Waals surface area contributed by atoms with Crippen LogP contribution in [0.4, 0.5) is 13.2 Å². The van der Waals surface area contributed by atoms with Crippen LogP contribution in [0.25, 0.3) is 0 Å². The van der Waals surface area contributed by atoms with Gasteiger partial charge in [-0.3, -0.25) is 14.8 Å². The quantitative estimate of drug-likeness (QED) is 0.307. The van der Waals surface area contributed by atoms with E-state index in [1.165, 1.54) is 10.5 Å². The molecule has 2 heterocycles. The van der Waals surface area contributed by atoms with Gasteiger partial charge in [0, 0.05) is 44.8 Å². The monoisotopic (exact) mass is 553 g/mol. The first-order chi connectivity index (χ1) is 14.3. The second-order valence-corrected chi connectivity index (χ2v) is 8.57. The summed E-state index contributed by atoms with van der Waals surface area (Å²) in [6.45, 7) is 7.62. The molecule has 176 valence electrons. The highest BCUT2D eigenvalue weighted by Gasteiger charge is 2.34. The van der Waals surface area contributed by atoms with E-state index in [1.807, 2.05) is 13.0 Å². The average molecular weight is 553 g/mol. The molecular formula is C22H35F3IN5. The third kappa shape index (κ3) is 8.76. The molecule has 1 aromatic carbocycles. The second-order valence-electron chi connectivity index (χ2n) is 8.57. The number of guanidine groups is 1. The Morgan fingerprint density at radius 3 is 2.61 bits per heavy atom. The van der Waals surface area contributed by atoms with Crippen molar-refractivity contribution in [3.8, 4) is 0 Å². The molecule has 2 aliphatic heterocycles. The highest BCUT2D eigenvalue weighted by molar-refractivity contribution is 14.0. The van der Waals surface area contributed by atoms with Gasteiger partial charge in [0.2, 0.25) is 0 Å². The van der Waals surface area contributed by atoms with Crippen LogP contribution in [-0.4, -0.2) is 73.3 Å². The predicted octanol–water partition coefficient (Wildman–Crippen LogP) is 3.71. The normalized spacial score (nSPS) is 25.5. The Bertz CT molecular complexity index is 685. The number of alkyl halides is 3. The van der Waals surface area contributed by atoms with Gasteiger partial charge in [-0.2, -0.15) is 13.2 Å². The summed E-state index contributed by atoms with van der Waals surface area (Å²) in [5.41, 5.74) is 1.32. The number of likely N-dealkylation sites (tertiary alicyclic amines) is 2. The van der Waals surface area contributed by atoms with Crippen LogP contribution in [-0.2, 0) is 6.54 Å².